The van der Waals surface area contributed by atoms with E-state index in [0.717, 1.165) is 22.0 Å². The van der Waals surface area contributed by atoms with Crippen LogP contribution < -0.4 is 5.30 Å². The molecule has 0 aliphatic rings. The number of rotatable bonds is 6. The molecule has 3 aromatic rings. The number of fused-ring (bicyclic) bond motifs is 1. The van der Waals surface area contributed by atoms with Crippen LogP contribution in [0.3, 0.4) is 0 Å². The van der Waals surface area contributed by atoms with Crippen LogP contribution in [0.4, 0.5) is 0 Å². The summed E-state index contributed by atoms with van der Waals surface area (Å²) in [5.41, 5.74) is 3.30. The third-order valence-corrected chi connectivity index (χ3v) is 6.33. The Labute approximate surface area is 148 Å². The summed E-state index contributed by atoms with van der Waals surface area (Å²) in [7, 11) is -3.48. The van der Waals surface area contributed by atoms with E-state index in [1.54, 1.807) is 0 Å². The van der Waals surface area contributed by atoms with Gasteiger partial charge >= 0.3 is 7.60 Å². The van der Waals surface area contributed by atoms with Crippen LogP contribution in [0.5, 0.6) is 0 Å². The zero-order valence-corrected chi connectivity index (χ0v) is 15.6. The fourth-order valence-corrected chi connectivity index (χ4v) is 4.99. The smallest absolute Gasteiger partial charge is 0.305 e. The predicted molar refractivity (Wildman–Crippen MR) is 102 cm³/mol. The van der Waals surface area contributed by atoms with E-state index < -0.39 is 7.60 Å². The summed E-state index contributed by atoms with van der Waals surface area (Å²) >= 11 is 0. The van der Waals surface area contributed by atoms with E-state index in [0.29, 0.717) is 24.2 Å². The van der Waals surface area contributed by atoms with E-state index in [9.17, 15) is 4.57 Å². The zero-order chi connectivity index (χ0) is 17.9. The molecule has 0 saturated carbocycles. The molecular weight excluding hydrogens is 333 g/mol. The van der Waals surface area contributed by atoms with Crippen molar-refractivity contribution < 1.29 is 13.6 Å². The largest absolute Gasteiger partial charge is 0.363 e. The summed E-state index contributed by atoms with van der Waals surface area (Å²) < 4.78 is 24.9. The average molecular weight is 355 g/mol. The molecule has 0 atom stereocenters. The Bertz CT molecular complexity index is 915. The Morgan fingerprint density at radius 1 is 0.920 bits per heavy atom. The molecule has 0 fully saturated rings. The number of aryl methyl sites for hydroxylation is 1. The van der Waals surface area contributed by atoms with Gasteiger partial charge in [0.25, 0.3) is 0 Å². The second-order valence-corrected chi connectivity index (χ2v) is 7.61. The van der Waals surface area contributed by atoms with Crippen LogP contribution in [0, 0.1) is 6.92 Å². The summed E-state index contributed by atoms with van der Waals surface area (Å²) in [5, 5.41) is 1.51. The minimum Gasteiger partial charge on any atom is -0.305 e. The van der Waals surface area contributed by atoms with E-state index in [4.69, 9.17) is 14.0 Å². The number of benzene rings is 2. The van der Waals surface area contributed by atoms with Crippen molar-refractivity contribution >= 4 is 23.8 Å². The summed E-state index contributed by atoms with van der Waals surface area (Å²) in [5.74, 6) is 0. The molecule has 0 saturated heterocycles. The first-order valence-electron chi connectivity index (χ1n) is 8.45. The molecule has 1 aromatic heterocycles. The van der Waals surface area contributed by atoms with Gasteiger partial charge in [0.05, 0.1) is 29.7 Å². The SMILES string of the molecule is CCOP(=O)(OCC)c1c(-c2ccccc2)nc2ccccc2c1C. The summed E-state index contributed by atoms with van der Waals surface area (Å²) in [4.78, 5) is 4.80. The van der Waals surface area contributed by atoms with Gasteiger partial charge in [-0.3, -0.25) is 4.57 Å². The van der Waals surface area contributed by atoms with Gasteiger partial charge in [0, 0.05) is 10.9 Å². The highest BCUT2D eigenvalue weighted by Gasteiger charge is 2.33. The number of para-hydroxylation sites is 1. The van der Waals surface area contributed by atoms with E-state index in [1.807, 2.05) is 75.4 Å². The van der Waals surface area contributed by atoms with Crippen LogP contribution in [0.25, 0.3) is 22.2 Å². The molecule has 0 bridgehead atoms. The monoisotopic (exact) mass is 355 g/mol. The molecule has 0 aliphatic carbocycles. The Balaban J connectivity index is 2.38. The Kier molecular flexibility index (Phi) is 5.33. The van der Waals surface area contributed by atoms with Gasteiger partial charge in [0.2, 0.25) is 0 Å². The van der Waals surface area contributed by atoms with Gasteiger partial charge in [-0.25, -0.2) is 4.98 Å². The number of hydrogen-bond donors (Lipinski definition) is 0. The molecule has 5 heteroatoms. The van der Waals surface area contributed by atoms with Crippen molar-refractivity contribution in [1.82, 2.24) is 4.98 Å². The first-order valence-corrected chi connectivity index (χ1v) is 9.99. The van der Waals surface area contributed by atoms with Crippen LogP contribution in [-0.2, 0) is 13.6 Å². The van der Waals surface area contributed by atoms with Crippen molar-refractivity contribution in [3.05, 3.63) is 60.2 Å². The first-order chi connectivity index (χ1) is 12.1. The molecule has 3 rings (SSSR count). The van der Waals surface area contributed by atoms with Crippen molar-refractivity contribution in [2.75, 3.05) is 13.2 Å². The second kappa shape index (κ2) is 7.49. The van der Waals surface area contributed by atoms with Gasteiger partial charge in [-0.05, 0) is 32.4 Å². The minimum absolute atomic E-state index is 0.303. The normalized spacial score (nSPS) is 11.8. The lowest BCUT2D eigenvalue weighted by molar-refractivity contribution is 0.230. The minimum atomic E-state index is -3.48. The maximum atomic E-state index is 13.6. The third kappa shape index (κ3) is 3.38. The molecule has 130 valence electrons. The van der Waals surface area contributed by atoms with Crippen LogP contribution in [0.1, 0.15) is 19.4 Å². The van der Waals surface area contributed by atoms with Crippen molar-refractivity contribution in [2.24, 2.45) is 0 Å². The Hall–Kier alpha value is -2.00. The van der Waals surface area contributed by atoms with Crippen LogP contribution >= 0.6 is 7.60 Å². The van der Waals surface area contributed by atoms with E-state index >= 15 is 0 Å². The molecule has 0 unspecified atom stereocenters. The zero-order valence-electron chi connectivity index (χ0n) is 14.7. The van der Waals surface area contributed by atoms with Gasteiger partial charge in [-0.15, -0.1) is 0 Å². The lowest BCUT2D eigenvalue weighted by Crippen LogP contribution is -2.18. The Morgan fingerprint density at radius 2 is 1.52 bits per heavy atom. The molecule has 25 heavy (non-hydrogen) atoms. The fraction of sp³-hybridized carbons (Fsp3) is 0.250. The average Bonchev–Trinajstić information content (AvgIpc) is 2.62. The first kappa shape index (κ1) is 17.8. The summed E-state index contributed by atoms with van der Waals surface area (Å²) in [6.45, 7) is 6.20. The van der Waals surface area contributed by atoms with E-state index in [1.165, 1.54) is 0 Å². The second-order valence-electron chi connectivity index (χ2n) is 5.65. The summed E-state index contributed by atoms with van der Waals surface area (Å²) in [6, 6.07) is 17.6. The highest BCUT2D eigenvalue weighted by Crippen LogP contribution is 2.50. The van der Waals surface area contributed by atoms with Crippen LogP contribution in [0.2, 0.25) is 0 Å². The summed E-state index contributed by atoms with van der Waals surface area (Å²) in [6.07, 6.45) is 0. The molecule has 0 aliphatic heterocycles. The van der Waals surface area contributed by atoms with Gasteiger partial charge in [-0.2, -0.15) is 0 Å². The van der Waals surface area contributed by atoms with Crippen molar-refractivity contribution in [3.63, 3.8) is 0 Å². The quantitative estimate of drug-likeness (QED) is 0.577. The molecule has 4 nitrogen and oxygen atoms in total. The fourth-order valence-electron chi connectivity index (χ4n) is 3.01. The third-order valence-electron chi connectivity index (χ3n) is 4.04. The van der Waals surface area contributed by atoms with E-state index in [-0.39, 0.29) is 0 Å². The molecule has 1 heterocycles. The topological polar surface area (TPSA) is 48.4 Å². The molecule has 0 N–H and O–H groups in total. The van der Waals surface area contributed by atoms with Gasteiger partial charge < -0.3 is 9.05 Å². The lowest BCUT2D eigenvalue weighted by Gasteiger charge is -2.22. The van der Waals surface area contributed by atoms with Gasteiger partial charge in [0.15, 0.2) is 0 Å². The molecule has 0 amide bonds. The van der Waals surface area contributed by atoms with Gasteiger partial charge in [-0.1, -0.05) is 48.5 Å². The maximum absolute atomic E-state index is 13.6. The van der Waals surface area contributed by atoms with Crippen molar-refractivity contribution in [2.45, 2.75) is 20.8 Å². The number of nitrogens with zero attached hydrogens (tertiary/aromatic N) is 1. The maximum Gasteiger partial charge on any atom is 0.363 e. The number of aromatic nitrogens is 1. The molecule has 0 spiro atoms. The highest BCUT2D eigenvalue weighted by molar-refractivity contribution is 7.62. The van der Waals surface area contributed by atoms with Crippen molar-refractivity contribution in [3.8, 4) is 11.3 Å². The number of hydrogen-bond acceptors (Lipinski definition) is 4. The Morgan fingerprint density at radius 3 is 2.16 bits per heavy atom. The van der Waals surface area contributed by atoms with Crippen LogP contribution in [0.15, 0.2) is 54.6 Å². The van der Waals surface area contributed by atoms with Crippen molar-refractivity contribution in [1.29, 1.82) is 0 Å². The molecular formula is C20H22NO3P. The standard InChI is InChI=1S/C20H22NO3P/c1-4-23-25(22,24-5-2)20-15(3)17-13-9-10-14-18(17)21-19(20)16-11-7-6-8-12-16/h6-14H,4-5H2,1-3H3. The lowest BCUT2D eigenvalue weighted by atomic mass is 10.0. The van der Waals surface area contributed by atoms with Crippen LogP contribution in [-0.4, -0.2) is 18.2 Å². The molecule has 0 radical (unpaired) electrons. The van der Waals surface area contributed by atoms with Gasteiger partial charge in [0.1, 0.15) is 0 Å². The number of pyridine rings is 1. The van der Waals surface area contributed by atoms with E-state index in [2.05, 4.69) is 0 Å². The highest BCUT2D eigenvalue weighted by atomic mass is 31.2. The molecule has 2 aromatic carbocycles. The predicted octanol–water partition coefficient (Wildman–Crippen LogP) is 5.10.